The number of methoxy groups -OCH3 is 1. The first-order valence-corrected chi connectivity index (χ1v) is 6.19. The van der Waals surface area contributed by atoms with Gasteiger partial charge in [0.25, 0.3) is 0 Å². The fourth-order valence-electron chi connectivity index (χ4n) is 1.80. The van der Waals surface area contributed by atoms with Crippen LogP contribution >= 0.6 is 0 Å². The molecule has 19 heavy (non-hydrogen) atoms. The second kappa shape index (κ2) is 7.86. The van der Waals surface area contributed by atoms with Crippen molar-refractivity contribution in [3.05, 3.63) is 35.6 Å². The molecule has 0 aromatic heterocycles. The Balaban J connectivity index is 2.32. The third-order valence-corrected chi connectivity index (χ3v) is 2.80. The van der Waals surface area contributed by atoms with Gasteiger partial charge in [-0.2, -0.15) is 0 Å². The van der Waals surface area contributed by atoms with E-state index in [4.69, 9.17) is 0 Å². The Kier molecular flexibility index (Phi) is 6.45. The van der Waals surface area contributed by atoms with Crippen molar-refractivity contribution in [3.8, 4) is 0 Å². The molecule has 0 spiro atoms. The van der Waals surface area contributed by atoms with E-state index in [-0.39, 0.29) is 18.2 Å². The lowest BCUT2D eigenvalue weighted by Gasteiger charge is -2.20. The van der Waals surface area contributed by atoms with E-state index in [0.29, 0.717) is 19.5 Å². The van der Waals surface area contributed by atoms with Gasteiger partial charge in [-0.3, -0.25) is 9.69 Å². The van der Waals surface area contributed by atoms with E-state index in [0.717, 1.165) is 5.56 Å². The van der Waals surface area contributed by atoms with Crippen molar-refractivity contribution in [2.45, 2.75) is 25.5 Å². The first-order valence-electron chi connectivity index (χ1n) is 6.19. The largest absolute Gasteiger partial charge is 0.469 e. The molecular formula is C14H20FNO3. The highest BCUT2D eigenvalue weighted by molar-refractivity contribution is 5.69. The van der Waals surface area contributed by atoms with Crippen LogP contribution in [0.3, 0.4) is 0 Å². The molecule has 0 aliphatic rings. The fraction of sp³-hybridized carbons (Fsp3) is 0.500. The third-order valence-electron chi connectivity index (χ3n) is 2.80. The van der Waals surface area contributed by atoms with Gasteiger partial charge in [0.1, 0.15) is 5.82 Å². The van der Waals surface area contributed by atoms with Gasteiger partial charge < -0.3 is 9.84 Å². The van der Waals surface area contributed by atoms with Gasteiger partial charge in [-0.25, -0.2) is 4.39 Å². The van der Waals surface area contributed by atoms with Crippen LogP contribution in [-0.4, -0.2) is 42.8 Å². The summed E-state index contributed by atoms with van der Waals surface area (Å²) >= 11 is 0. The average Bonchev–Trinajstić information content (AvgIpc) is 2.38. The van der Waals surface area contributed by atoms with E-state index < -0.39 is 6.10 Å². The molecule has 1 aromatic rings. The zero-order valence-electron chi connectivity index (χ0n) is 11.3. The van der Waals surface area contributed by atoms with Crippen molar-refractivity contribution in [3.63, 3.8) is 0 Å². The quantitative estimate of drug-likeness (QED) is 0.763. The molecule has 0 bridgehead atoms. The molecule has 0 radical (unpaired) electrons. The van der Waals surface area contributed by atoms with E-state index in [1.54, 1.807) is 12.1 Å². The zero-order valence-corrected chi connectivity index (χ0v) is 11.3. The SMILES string of the molecule is COC(=O)CCC(O)CN(C)Cc1ccc(F)cc1. The third kappa shape index (κ3) is 6.31. The molecule has 1 unspecified atom stereocenters. The molecule has 0 saturated heterocycles. The lowest BCUT2D eigenvalue weighted by molar-refractivity contribution is -0.141. The van der Waals surface area contributed by atoms with Crippen molar-refractivity contribution >= 4 is 5.97 Å². The molecule has 106 valence electrons. The highest BCUT2D eigenvalue weighted by atomic mass is 19.1. The highest BCUT2D eigenvalue weighted by Gasteiger charge is 2.11. The minimum atomic E-state index is -0.579. The number of ether oxygens (including phenoxy) is 1. The van der Waals surface area contributed by atoms with Crippen LogP contribution in [0.25, 0.3) is 0 Å². The topological polar surface area (TPSA) is 49.8 Å². The summed E-state index contributed by atoms with van der Waals surface area (Å²) in [6.45, 7) is 1.07. The first kappa shape index (κ1) is 15.6. The average molecular weight is 269 g/mol. The van der Waals surface area contributed by atoms with Gasteiger partial charge in [0.2, 0.25) is 0 Å². The molecule has 0 aliphatic carbocycles. The van der Waals surface area contributed by atoms with Gasteiger partial charge in [-0.15, -0.1) is 0 Å². The van der Waals surface area contributed by atoms with Gasteiger partial charge in [-0.1, -0.05) is 12.1 Å². The number of aliphatic hydroxyl groups is 1. The smallest absolute Gasteiger partial charge is 0.305 e. The molecule has 0 amide bonds. The molecule has 5 heteroatoms. The first-order chi connectivity index (χ1) is 9.01. The minimum absolute atomic E-state index is 0.210. The van der Waals surface area contributed by atoms with Crippen molar-refractivity contribution < 1.29 is 19.0 Å². The molecule has 4 nitrogen and oxygen atoms in total. The summed E-state index contributed by atoms with van der Waals surface area (Å²) in [5.74, 6) is -0.579. The van der Waals surface area contributed by atoms with Crippen LogP contribution in [0.5, 0.6) is 0 Å². The van der Waals surface area contributed by atoms with Crippen molar-refractivity contribution in [2.24, 2.45) is 0 Å². The number of hydrogen-bond donors (Lipinski definition) is 1. The normalized spacial score (nSPS) is 12.5. The van der Waals surface area contributed by atoms with Gasteiger partial charge in [0.05, 0.1) is 13.2 Å². The number of esters is 1. The summed E-state index contributed by atoms with van der Waals surface area (Å²) in [5, 5.41) is 9.78. The molecule has 1 N–H and O–H groups in total. The summed E-state index contributed by atoms with van der Waals surface area (Å²) in [6.07, 6.45) is 0.00668. The number of carbonyl (C=O) groups excluding carboxylic acids is 1. The maximum Gasteiger partial charge on any atom is 0.305 e. The van der Waals surface area contributed by atoms with Crippen LogP contribution in [0, 0.1) is 5.82 Å². The number of carbonyl (C=O) groups is 1. The van der Waals surface area contributed by atoms with Gasteiger partial charge in [0.15, 0.2) is 0 Å². The predicted molar refractivity (Wildman–Crippen MR) is 70.0 cm³/mol. The number of benzene rings is 1. The Morgan fingerprint density at radius 3 is 2.63 bits per heavy atom. The van der Waals surface area contributed by atoms with E-state index in [1.165, 1.54) is 19.2 Å². The highest BCUT2D eigenvalue weighted by Crippen LogP contribution is 2.07. The molecule has 0 saturated carbocycles. The Hall–Kier alpha value is -1.46. The van der Waals surface area contributed by atoms with Crippen molar-refractivity contribution in [1.29, 1.82) is 0 Å². The lowest BCUT2D eigenvalue weighted by Crippen LogP contribution is -2.29. The van der Waals surface area contributed by atoms with Crippen LogP contribution < -0.4 is 0 Å². The van der Waals surface area contributed by atoms with Crippen LogP contribution in [0.1, 0.15) is 18.4 Å². The maximum atomic E-state index is 12.7. The number of halogens is 1. The molecular weight excluding hydrogens is 249 g/mol. The second-order valence-electron chi connectivity index (χ2n) is 4.59. The standard InChI is InChI=1S/C14H20FNO3/c1-16(9-11-3-5-12(15)6-4-11)10-13(17)7-8-14(18)19-2/h3-6,13,17H,7-10H2,1-2H3. The summed E-state index contributed by atoms with van der Waals surface area (Å²) in [5.41, 5.74) is 0.976. The summed E-state index contributed by atoms with van der Waals surface area (Å²) < 4.78 is 17.3. The van der Waals surface area contributed by atoms with Crippen LogP contribution in [0.4, 0.5) is 4.39 Å². The van der Waals surface area contributed by atoms with Gasteiger partial charge >= 0.3 is 5.97 Å². The maximum absolute atomic E-state index is 12.7. The van der Waals surface area contributed by atoms with Crippen LogP contribution in [-0.2, 0) is 16.1 Å². The monoisotopic (exact) mass is 269 g/mol. The fourth-order valence-corrected chi connectivity index (χ4v) is 1.80. The van der Waals surface area contributed by atoms with E-state index >= 15 is 0 Å². The van der Waals surface area contributed by atoms with Crippen molar-refractivity contribution in [1.82, 2.24) is 4.90 Å². The van der Waals surface area contributed by atoms with Crippen LogP contribution in [0.2, 0.25) is 0 Å². The molecule has 1 rings (SSSR count). The minimum Gasteiger partial charge on any atom is -0.469 e. The number of aliphatic hydroxyl groups excluding tert-OH is 1. The molecule has 0 fully saturated rings. The molecule has 0 aliphatic heterocycles. The van der Waals surface area contributed by atoms with E-state index in [2.05, 4.69) is 4.74 Å². The lowest BCUT2D eigenvalue weighted by atomic mass is 10.1. The summed E-state index contributed by atoms with van der Waals surface area (Å²) in [4.78, 5) is 12.9. The molecule has 1 aromatic carbocycles. The number of nitrogens with zero attached hydrogens (tertiary/aromatic N) is 1. The number of hydrogen-bond acceptors (Lipinski definition) is 4. The van der Waals surface area contributed by atoms with Crippen LogP contribution in [0.15, 0.2) is 24.3 Å². The Bertz CT molecular complexity index is 394. The molecule has 1 atom stereocenters. The summed E-state index contributed by atoms with van der Waals surface area (Å²) in [6, 6.07) is 6.26. The Morgan fingerprint density at radius 1 is 1.42 bits per heavy atom. The van der Waals surface area contributed by atoms with Crippen molar-refractivity contribution in [2.75, 3.05) is 20.7 Å². The zero-order chi connectivity index (χ0) is 14.3. The predicted octanol–water partition coefficient (Wildman–Crippen LogP) is 1.57. The number of rotatable bonds is 7. The van der Waals surface area contributed by atoms with E-state index in [9.17, 15) is 14.3 Å². The summed E-state index contributed by atoms with van der Waals surface area (Å²) in [7, 11) is 3.19. The Labute approximate surface area is 112 Å². The Morgan fingerprint density at radius 2 is 2.05 bits per heavy atom. The number of likely N-dealkylation sites (N-methyl/N-ethyl adjacent to an activating group) is 1. The molecule has 0 heterocycles. The van der Waals surface area contributed by atoms with Gasteiger partial charge in [0, 0.05) is 19.5 Å². The van der Waals surface area contributed by atoms with E-state index in [1.807, 2.05) is 11.9 Å². The van der Waals surface area contributed by atoms with Gasteiger partial charge in [-0.05, 0) is 31.2 Å². The second-order valence-corrected chi connectivity index (χ2v) is 4.59.